The van der Waals surface area contributed by atoms with Crippen molar-refractivity contribution in [2.24, 2.45) is 0 Å². The number of hydrogen-bond donors (Lipinski definition) is 1. The first kappa shape index (κ1) is 16.8. The van der Waals surface area contributed by atoms with Gasteiger partial charge in [0.1, 0.15) is 5.69 Å². The second-order valence-corrected chi connectivity index (χ2v) is 8.06. The van der Waals surface area contributed by atoms with E-state index in [9.17, 15) is 5.11 Å². The number of anilines is 1. The van der Waals surface area contributed by atoms with Crippen LogP contribution in [0.5, 0.6) is 0 Å². The van der Waals surface area contributed by atoms with Crippen molar-refractivity contribution < 1.29 is 9.68 Å². The monoisotopic (exact) mass is 399 g/mol. The van der Waals surface area contributed by atoms with Crippen LogP contribution in [0.15, 0.2) is 53.0 Å². The number of aryl methyl sites for hydroxylation is 1. The summed E-state index contributed by atoms with van der Waals surface area (Å²) in [5.74, 6) is 1.26. The Kier molecular flexibility index (Phi) is 4.42. The Hall–Kier alpha value is -1.65. The molecule has 2 aliphatic rings. The van der Waals surface area contributed by atoms with Gasteiger partial charge in [-0.05, 0) is 50.5 Å². The molecular formula is C21H24BrN2O+. The smallest absolute Gasteiger partial charge is 0.275 e. The van der Waals surface area contributed by atoms with E-state index in [4.69, 9.17) is 0 Å². The maximum atomic E-state index is 11.8. The summed E-state index contributed by atoms with van der Waals surface area (Å²) in [4.78, 5) is 2.17. The minimum Gasteiger partial charge on any atom is -0.346 e. The molecule has 1 atom stereocenters. The summed E-state index contributed by atoms with van der Waals surface area (Å²) in [6.45, 7) is 3.74. The summed E-state index contributed by atoms with van der Waals surface area (Å²) >= 11 is 3.50. The predicted octanol–water partition coefficient (Wildman–Crippen LogP) is 4.41. The molecule has 2 aromatic rings. The normalized spacial score (nSPS) is 23.6. The maximum Gasteiger partial charge on any atom is 0.275 e. The van der Waals surface area contributed by atoms with E-state index in [1.165, 1.54) is 30.7 Å². The Balaban J connectivity index is 1.83. The molecule has 0 saturated heterocycles. The van der Waals surface area contributed by atoms with E-state index in [0.29, 0.717) is 6.54 Å². The van der Waals surface area contributed by atoms with Gasteiger partial charge in [0.25, 0.3) is 11.6 Å². The minimum absolute atomic E-state index is 0.623. The first-order valence-corrected chi connectivity index (χ1v) is 9.83. The first-order valence-electron chi connectivity index (χ1n) is 9.04. The fourth-order valence-electron chi connectivity index (χ4n) is 4.02. The van der Waals surface area contributed by atoms with Gasteiger partial charge in [-0.2, -0.15) is 4.90 Å². The highest BCUT2D eigenvalue weighted by Gasteiger charge is 2.53. The molecule has 0 aromatic heterocycles. The molecule has 0 saturated carbocycles. The average Bonchev–Trinajstić information content (AvgIpc) is 2.74. The number of halogens is 1. The molecule has 0 radical (unpaired) electrons. The van der Waals surface area contributed by atoms with Crippen LogP contribution in [0.4, 0.5) is 5.69 Å². The standard InChI is InChI=1S/C21H24BrN2O/c1-16-6-12-19(13-7-16)24-20-5-3-2-4-14-23(20)15-21(24,25)17-8-10-18(22)11-9-17/h6-13,25H,2-5,14-15H2,1H3/q+1. The van der Waals surface area contributed by atoms with Gasteiger partial charge in [0.15, 0.2) is 6.54 Å². The van der Waals surface area contributed by atoms with Crippen LogP contribution in [-0.4, -0.2) is 28.6 Å². The molecule has 0 fully saturated rings. The highest BCUT2D eigenvalue weighted by molar-refractivity contribution is 9.10. The zero-order valence-corrected chi connectivity index (χ0v) is 16.2. The second kappa shape index (κ2) is 6.58. The molecule has 1 unspecified atom stereocenters. The number of benzene rings is 2. The molecule has 2 heterocycles. The van der Waals surface area contributed by atoms with Crippen LogP contribution in [0.25, 0.3) is 0 Å². The Morgan fingerprint density at radius 2 is 1.72 bits per heavy atom. The summed E-state index contributed by atoms with van der Waals surface area (Å²) < 4.78 is 3.41. The highest BCUT2D eigenvalue weighted by atomic mass is 79.9. The van der Waals surface area contributed by atoms with E-state index < -0.39 is 5.72 Å². The summed E-state index contributed by atoms with van der Waals surface area (Å²) in [6.07, 6.45) is 4.66. The van der Waals surface area contributed by atoms with Gasteiger partial charge in [0, 0.05) is 16.5 Å². The van der Waals surface area contributed by atoms with Crippen molar-refractivity contribution in [2.75, 3.05) is 18.0 Å². The van der Waals surface area contributed by atoms with Crippen LogP contribution in [0, 0.1) is 6.92 Å². The number of amidine groups is 1. The fourth-order valence-corrected chi connectivity index (χ4v) is 4.28. The number of rotatable bonds is 2. The molecule has 0 aliphatic carbocycles. The van der Waals surface area contributed by atoms with Gasteiger partial charge in [-0.15, -0.1) is 0 Å². The molecule has 2 aliphatic heterocycles. The maximum absolute atomic E-state index is 11.8. The Bertz CT molecular complexity index is 798. The van der Waals surface area contributed by atoms with Gasteiger partial charge in [0.05, 0.1) is 6.54 Å². The SMILES string of the molecule is Cc1ccc(N2C3=[N+](CCCCC3)CC2(O)c2ccc(Br)cc2)cc1. The lowest BCUT2D eigenvalue weighted by atomic mass is 10.00. The third-order valence-corrected chi connectivity index (χ3v) is 5.86. The van der Waals surface area contributed by atoms with E-state index in [-0.39, 0.29) is 0 Å². The Morgan fingerprint density at radius 3 is 2.44 bits per heavy atom. The second-order valence-electron chi connectivity index (χ2n) is 7.14. The fraction of sp³-hybridized carbons (Fsp3) is 0.381. The van der Waals surface area contributed by atoms with Crippen LogP contribution in [0.1, 0.15) is 36.8 Å². The van der Waals surface area contributed by atoms with Gasteiger partial charge in [-0.25, -0.2) is 0 Å². The third-order valence-electron chi connectivity index (χ3n) is 5.33. The van der Waals surface area contributed by atoms with Crippen LogP contribution < -0.4 is 4.90 Å². The van der Waals surface area contributed by atoms with E-state index in [1.807, 2.05) is 24.3 Å². The van der Waals surface area contributed by atoms with Crippen LogP contribution in [0.2, 0.25) is 0 Å². The lowest BCUT2D eigenvalue weighted by molar-refractivity contribution is -0.534. The minimum atomic E-state index is -1.03. The van der Waals surface area contributed by atoms with E-state index in [2.05, 4.69) is 56.6 Å². The van der Waals surface area contributed by atoms with Gasteiger partial charge >= 0.3 is 0 Å². The summed E-state index contributed by atoms with van der Waals surface area (Å²) in [5, 5.41) is 11.8. The first-order chi connectivity index (χ1) is 12.1. The van der Waals surface area contributed by atoms with Crippen molar-refractivity contribution in [3.8, 4) is 0 Å². The van der Waals surface area contributed by atoms with Gasteiger partial charge in [-0.1, -0.05) is 45.8 Å². The largest absolute Gasteiger partial charge is 0.346 e. The van der Waals surface area contributed by atoms with E-state index in [0.717, 1.165) is 28.7 Å². The van der Waals surface area contributed by atoms with Crippen molar-refractivity contribution in [3.63, 3.8) is 0 Å². The third kappa shape index (κ3) is 3.02. The molecule has 4 heteroatoms. The van der Waals surface area contributed by atoms with Gasteiger partial charge < -0.3 is 5.11 Å². The quantitative estimate of drug-likeness (QED) is 0.756. The summed E-state index contributed by atoms with van der Waals surface area (Å²) in [6, 6.07) is 16.6. The average molecular weight is 400 g/mol. The van der Waals surface area contributed by atoms with Crippen molar-refractivity contribution >= 4 is 27.5 Å². The zero-order chi connectivity index (χ0) is 17.4. The van der Waals surface area contributed by atoms with Crippen LogP contribution in [0.3, 0.4) is 0 Å². The molecule has 1 N–H and O–H groups in total. The van der Waals surface area contributed by atoms with Crippen LogP contribution >= 0.6 is 15.9 Å². The summed E-state index contributed by atoms with van der Waals surface area (Å²) in [5.41, 5.74) is 2.22. The Labute approximate surface area is 157 Å². The molecular weight excluding hydrogens is 376 g/mol. The van der Waals surface area contributed by atoms with E-state index in [1.54, 1.807) is 0 Å². The van der Waals surface area contributed by atoms with Crippen molar-refractivity contribution in [1.29, 1.82) is 0 Å². The lowest BCUT2D eigenvalue weighted by Gasteiger charge is -2.29. The number of nitrogens with zero attached hydrogens (tertiary/aromatic N) is 2. The van der Waals surface area contributed by atoms with Gasteiger partial charge in [0.2, 0.25) is 0 Å². The molecule has 0 bridgehead atoms. The topological polar surface area (TPSA) is 26.5 Å². The molecule has 130 valence electrons. The van der Waals surface area contributed by atoms with Crippen molar-refractivity contribution in [3.05, 3.63) is 64.1 Å². The van der Waals surface area contributed by atoms with Gasteiger partial charge in [-0.3, -0.25) is 4.58 Å². The molecule has 2 aromatic carbocycles. The molecule has 3 nitrogen and oxygen atoms in total. The lowest BCUT2D eigenvalue weighted by Crippen LogP contribution is -2.47. The predicted molar refractivity (Wildman–Crippen MR) is 105 cm³/mol. The molecule has 4 rings (SSSR count). The highest BCUT2D eigenvalue weighted by Crippen LogP contribution is 2.38. The Morgan fingerprint density at radius 1 is 1.00 bits per heavy atom. The number of aliphatic hydroxyl groups is 1. The molecule has 25 heavy (non-hydrogen) atoms. The van der Waals surface area contributed by atoms with E-state index >= 15 is 0 Å². The summed E-state index contributed by atoms with van der Waals surface area (Å²) in [7, 11) is 0. The van der Waals surface area contributed by atoms with Crippen molar-refractivity contribution in [2.45, 2.75) is 38.3 Å². The molecule has 0 amide bonds. The van der Waals surface area contributed by atoms with Crippen molar-refractivity contribution in [1.82, 2.24) is 0 Å². The van der Waals surface area contributed by atoms with Crippen LogP contribution in [-0.2, 0) is 5.72 Å². The zero-order valence-electron chi connectivity index (χ0n) is 14.6. The number of hydrogen-bond acceptors (Lipinski definition) is 2. The molecule has 0 spiro atoms.